The molecule has 1 aliphatic carbocycles. The lowest BCUT2D eigenvalue weighted by molar-refractivity contribution is -0.113. The number of aliphatic hydroxyl groups excluding tert-OH is 2. The Morgan fingerprint density at radius 1 is 0.946 bits per heavy atom. The largest absolute Gasteiger partial charge is 0.491 e. The highest BCUT2D eigenvalue weighted by Gasteiger charge is 2.29. The van der Waals surface area contributed by atoms with E-state index in [0.717, 1.165) is 22.4 Å². The van der Waals surface area contributed by atoms with Crippen molar-refractivity contribution in [3.8, 4) is 5.75 Å². The summed E-state index contributed by atoms with van der Waals surface area (Å²) in [5.41, 5.74) is 3.11. The average molecular weight is 537 g/mol. The highest BCUT2D eigenvalue weighted by molar-refractivity contribution is 6.31. The quantitative estimate of drug-likeness (QED) is 0.324. The summed E-state index contributed by atoms with van der Waals surface area (Å²) >= 11 is 6.45. The van der Waals surface area contributed by atoms with Crippen LogP contribution in [0.4, 0.5) is 0 Å². The molecule has 2 fully saturated rings. The van der Waals surface area contributed by atoms with Gasteiger partial charge in [-0.25, -0.2) is 0 Å². The normalized spacial score (nSPS) is 20.3. The van der Waals surface area contributed by atoms with Gasteiger partial charge in [0, 0.05) is 17.9 Å². The van der Waals surface area contributed by atoms with Gasteiger partial charge in [-0.05, 0) is 54.2 Å². The van der Waals surface area contributed by atoms with Crippen molar-refractivity contribution >= 4 is 11.6 Å². The van der Waals surface area contributed by atoms with Crippen molar-refractivity contribution in [2.24, 2.45) is 0 Å². The summed E-state index contributed by atoms with van der Waals surface area (Å²) in [6, 6.07) is 13.9. The fourth-order valence-corrected chi connectivity index (χ4v) is 3.97. The van der Waals surface area contributed by atoms with Crippen molar-refractivity contribution in [1.82, 2.24) is 0 Å². The van der Waals surface area contributed by atoms with Gasteiger partial charge in [0.25, 0.3) is 0 Å². The molecule has 1 saturated heterocycles. The Hall–Kier alpha value is -1.63. The van der Waals surface area contributed by atoms with Gasteiger partial charge in [0.1, 0.15) is 12.4 Å². The van der Waals surface area contributed by atoms with Crippen LogP contribution in [0.15, 0.2) is 42.5 Å². The van der Waals surface area contributed by atoms with E-state index >= 15 is 0 Å². The van der Waals surface area contributed by atoms with Crippen LogP contribution in [0.25, 0.3) is 0 Å². The summed E-state index contributed by atoms with van der Waals surface area (Å²) in [7, 11) is 0. The SMILES string of the molecule is CC.CC.CCC.OCC1CC(O)C[C@H](c2ccc(Cl)c(Cc3ccc(OCCOC4CC4)cc3)c2)O1. The van der Waals surface area contributed by atoms with Crippen molar-refractivity contribution in [3.63, 3.8) is 0 Å². The van der Waals surface area contributed by atoms with Crippen molar-refractivity contribution < 1.29 is 24.4 Å². The third-order valence-corrected chi connectivity index (χ3v) is 5.94. The van der Waals surface area contributed by atoms with E-state index in [9.17, 15) is 10.2 Å². The van der Waals surface area contributed by atoms with E-state index in [2.05, 4.69) is 13.8 Å². The van der Waals surface area contributed by atoms with E-state index in [1.54, 1.807) is 0 Å². The van der Waals surface area contributed by atoms with E-state index in [1.165, 1.54) is 19.3 Å². The Kier molecular flexibility index (Phi) is 17.5. The molecule has 2 aliphatic rings. The molecular weight excluding hydrogens is 488 g/mol. The summed E-state index contributed by atoms with van der Waals surface area (Å²) in [6.45, 7) is 13.4. The molecule has 2 unspecified atom stereocenters. The number of ether oxygens (including phenoxy) is 3. The minimum absolute atomic E-state index is 0.0882. The first-order valence-corrected chi connectivity index (χ1v) is 14.5. The molecule has 0 radical (unpaired) electrons. The Balaban J connectivity index is 0.000000894. The van der Waals surface area contributed by atoms with E-state index < -0.39 is 6.10 Å². The molecule has 210 valence electrons. The van der Waals surface area contributed by atoms with Gasteiger partial charge in [-0.15, -0.1) is 0 Å². The highest BCUT2D eigenvalue weighted by Crippen LogP contribution is 2.34. The topological polar surface area (TPSA) is 68.2 Å². The standard InChI is InChI=1S/C24H29ClO5.C3H8.2C2H6/c25-23-8-3-17(24-14-19(27)13-22(15-26)30-24)12-18(23)11-16-1-4-20(5-2-16)28-9-10-29-21-6-7-21;1-3-2;2*1-2/h1-5,8,12,19,21-22,24,26-27H,6-7,9-11,13-15H2;3H2,1-2H3;2*1-2H3/t19?,22?,24-;;;/m1.../s1. The van der Waals surface area contributed by atoms with Gasteiger partial charge in [0.15, 0.2) is 0 Å². The highest BCUT2D eigenvalue weighted by atomic mass is 35.5. The van der Waals surface area contributed by atoms with Crippen molar-refractivity contribution in [2.45, 2.75) is 104 Å². The molecule has 1 heterocycles. The number of hydrogen-bond donors (Lipinski definition) is 2. The van der Waals surface area contributed by atoms with E-state index in [1.807, 2.05) is 70.2 Å². The lowest BCUT2D eigenvalue weighted by Gasteiger charge is -2.32. The maximum Gasteiger partial charge on any atom is 0.119 e. The molecule has 0 spiro atoms. The van der Waals surface area contributed by atoms with Gasteiger partial charge in [0.05, 0.1) is 37.6 Å². The zero-order chi connectivity index (χ0) is 27.6. The van der Waals surface area contributed by atoms with Gasteiger partial charge in [-0.1, -0.05) is 83.8 Å². The van der Waals surface area contributed by atoms with Crippen LogP contribution in [0.5, 0.6) is 5.75 Å². The molecule has 4 rings (SSSR count). The summed E-state index contributed by atoms with van der Waals surface area (Å²) in [5.74, 6) is 0.831. The average Bonchev–Trinajstić information content (AvgIpc) is 3.76. The molecule has 37 heavy (non-hydrogen) atoms. The Labute approximate surface area is 230 Å². The maximum atomic E-state index is 10.1. The Bertz CT molecular complexity index is 838. The lowest BCUT2D eigenvalue weighted by atomic mass is 9.94. The predicted octanol–water partition coefficient (Wildman–Crippen LogP) is 7.53. The molecule has 2 aromatic rings. The van der Waals surface area contributed by atoms with Gasteiger partial charge in [0.2, 0.25) is 0 Å². The molecular formula is C31H49ClO5. The second kappa shape index (κ2) is 19.4. The van der Waals surface area contributed by atoms with Crippen LogP contribution in [0, 0.1) is 0 Å². The van der Waals surface area contributed by atoms with Crippen LogP contribution in [-0.2, 0) is 15.9 Å². The summed E-state index contributed by atoms with van der Waals surface area (Å²) in [6.07, 6.45) is 4.69. The Morgan fingerprint density at radius 3 is 2.19 bits per heavy atom. The van der Waals surface area contributed by atoms with Gasteiger partial charge >= 0.3 is 0 Å². The molecule has 0 aromatic heterocycles. The van der Waals surface area contributed by atoms with Gasteiger partial charge in [-0.2, -0.15) is 0 Å². The maximum absolute atomic E-state index is 10.1. The molecule has 5 nitrogen and oxygen atoms in total. The Morgan fingerprint density at radius 2 is 1.59 bits per heavy atom. The molecule has 3 atom stereocenters. The molecule has 1 saturated carbocycles. The van der Waals surface area contributed by atoms with Crippen LogP contribution >= 0.6 is 11.6 Å². The number of benzene rings is 2. The first-order chi connectivity index (χ1) is 18.0. The smallest absolute Gasteiger partial charge is 0.119 e. The molecule has 0 bridgehead atoms. The summed E-state index contributed by atoms with van der Waals surface area (Å²) in [5, 5.41) is 20.2. The number of hydrogen-bond acceptors (Lipinski definition) is 5. The molecule has 0 amide bonds. The van der Waals surface area contributed by atoms with Crippen molar-refractivity contribution in [2.75, 3.05) is 19.8 Å². The molecule has 1 aliphatic heterocycles. The fourth-order valence-electron chi connectivity index (χ4n) is 3.79. The third-order valence-electron chi connectivity index (χ3n) is 5.57. The third kappa shape index (κ3) is 12.6. The van der Waals surface area contributed by atoms with Gasteiger partial charge in [-0.3, -0.25) is 0 Å². The molecule has 2 N–H and O–H groups in total. The van der Waals surface area contributed by atoms with Gasteiger partial charge < -0.3 is 24.4 Å². The zero-order valence-corrected chi connectivity index (χ0v) is 24.5. The van der Waals surface area contributed by atoms with Crippen molar-refractivity contribution in [1.29, 1.82) is 0 Å². The van der Waals surface area contributed by atoms with Crippen LogP contribution in [0.1, 0.15) is 96.4 Å². The first-order valence-electron chi connectivity index (χ1n) is 14.1. The molecule has 6 heteroatoms. The van der Waals surface area contributed by atoms with Crippen LogP contribution in [0.3, 0.4) is 0 Å². The van der Waals surface area contributed by atoms with E-state index in [4.69, 9.17) is 25.8 Å². The lowest BCUT2D eigenvalue weighted by Crippen LogP contribution is -2.33. The zero-order valence-electron chi connectivity index (χ0n) is 23.7. The molecule has 2 aromatic carbocycles. The number of aliphatic hydroxyl groups is 2. The minimum Gasteiger partial charge on any atom is -0.491 e. The van der Waals surface area contributed by atoms with Crippen LogP contribution < -0.4 is 4.74 Å². The van der Waals surface area contributed by atoms with Crippen LogP contribution in [0.2, 0.25) is 5.02 Å². The monoisotopic (exact) mass is 536 g/mol. The fraction of sp³-hybridized carbons (Fsp3) is 0.613. The van der Waals surface area contributed by atoms with E-state index in [0.29, 0.717) is 43.6 Å². The number of halogens is 1. The van der Waals surface area contributed by atoms with Crippen LogP contribution in [-0.4, -0.2) is 48.3 Å². The number of rotatable bonds is 9. The minimum atomic E-state index is -0.470. The first kappa shape index (κ1) is 33.4. The second-order valence-corrected chi connectivity index (χ2v) is 9.26. The second-order valence-electron chi connectivity index (χ2n) is 8.85. The predicted molar refractivity (Wildman–Crippen MR) is 154 cm³/mol. The summed E-state index contributed by atoms with van der Waals surface area (Å²) in [4.78, 5) is 0. The van der Waals surface area contributed by atoms with E-state index in [-0.39, 0.29) is 18.8 Å². The van der Waals surface area contributed by atoms with Crippen molar-refractivity contribution in [3.05, 3.63) is 64.2 Å². The summed E-state index contributed by atoms with van der Waals surface area (Å²) < 4.78 is 17.3.